The zero-order valence-corrected chi connectivity index (χ0v) is 14.6. The first-order chi connectivity index (χ1) is 11.0. The number of ether oxygens (including phenoxy) is 2. The molecule has 24 heavy (non-hydrogen) atoms. The predicted molar refractivity (Wildman–Crippen MR) is 86.7 cm³/mol. The summed E-state index contributed by atoms with van der Waals surface area (Å²) in [5, 5.41) is 2.23. The maximum atomic E-state index is 12.0. The minimum absolute atomic E-state index is 0.203. The highest BCUT2D eigenvalue weighted by atomic mass is 32.2. The van der Waals surface area contributed by atoms with Crippen molar-refractivity contribution in [1.82, 2.24) is 0 Å². The molecule has 0 spiro atoms. The van der Waals surface area contributed by atoms with Crippen molar-refractivity contribution in [2.75, 3.05) is 5.32 Å². The van der Waals surface area contributed by atoms with E-state index < -0.39 is 32.8 Å². The summed E-state index contributed by atoms with van der Waals surface area (Å²) in [5.41, 5.74) is 0.240. The van der Waals surface area contributed by atoms with Gasteiger partial charge < -0.3 is 14.8 Å². The Labute approximate surface area is 140 Å². The first-order valence-electron chi connectivity index (χ1n) is 7.30. The molecule has 1 aromatic carbocycles. The van der Waals surface area contributed by atoms with Crippen LogP contribution in [0.5, 0.6) is 0 Å². The van der Waals surface area contributed by atoms with Crippen LogP contribution in [0.1, 0.15) is 27.7 Å². The van der Waals surface area contributed by atoms with Crippen molar-refractivity contribution in [3.63, 3.8) is 0 Å². The second-order valence-corrected chi connectivity index (χ2v) is 8.50. The lowest BCUT2D eigenvalue weighted by atomic mass is 10.2. The average molecular weight is 353 g/mol. The van der Waals surface area contributed by atoms with Crippen LogP contribution in [0, 0.1) is 0 Å². The van der Waals surface area contributed by atoms with Crippen LogP contribution in [-0.2, 0) is 28.9 Å². The van der Waals surface area contributed by atoms with Gasteiger partial charge in [-0.3, -0.25) is 0 Å². The molecule has 7 nitrogen and oxygen atoms in total. The zero-order valence-electron chi connectivity index (χ0n) is 13.8. The Kier molecular flexibility index (Phi) is 4.70. The van der Waals surface area contributed by atoms with Gasteiger partial charge in [-0.25, -0.2) is 18.0 Å². The number of carbonyl (C=O) groups is 2. The summed E-state index contributed by atoms with van der Waals surface area (Å²) >= 11 is 0. The molecule has 1 aliphatic rings. The lowest BCUT2D eigenvalue weighted by Crippen LogP contribution is -2.42. The van der Waals surface area contributed by atoms with Gasteiger partial charge in [-0.05, 0) is 38.1 Å². The molecule has 0 unspecified atom stereocenters. The van der Waals surface area contributed by atoms with Crippen LogP contribution in [0.4, 0.5) is 5.69 Å². The standard InChI is InChI=1S/C16H19NO6S/c1-10(2)24(20,21)12-7-5-11(6-8-12)17-9-13-14(18)22-16(3,4)23-15(13)19/h5-10,17H,1-4H3. The minimum Gasteiger partial charge on any atom is -0.419 e. The number of hydrogen-bond acceptors (Lipinski definition) is 7. The second kappa shape index (κ2) is 6.27. The van der Waals surface area contributed by atoms with Crippen LogP contribution in [0.3, 0.4) is 0 Å². The van der Waals surface area contributed by atoms with E-state index >= 15 is 0 Å². The number of esters is 2. The Morgan fingerprint density at radius 1 is 1.04 bits per heavy atom. The average Bonchev–Trinajstić information content (AvgIpc) is 2.45. The molecule has 1 aliphatic heterocycles. The van der Waals surface area contributed by atoms with Gasteiger partial charge in [0.25, 0.3) is 5.79 Å². The van der Waals surface area contributed by atoms with E-state index in [0.29, 0.717) is 5.69 Å². The van der Waals surface area contributed by atoms with Gasteiger partial charge in [-0.2, -0.15) is 0 Å². The van der Waals surface area contributed by atoms with Crippen molar-refractivity contribution in [1.29, 1.82) is 0 Å². The van der Waals surface area contributed by atoms with Gasteiger partial charge in [0.15, 0.2) is 15.4 Å². The molecule has 1 saturated heterocycles. The van der Waals surface area contributed by atoms with Gasteiger partial charge in [-0.1, -0.05) is 0 Å². The number of sulfone groups is 1. The largest absolute Gasteiger partial charge is 0.419 e. The van der Waals surface area contributed by atoms with Gasteiger partial charge in [0.05, 0.1) is 10.1 Å². The molecule has 130 valence electrons. The highest BCUT2D eigenvalue weighted by Gasteiger charge is 2.38. The van der Waals surface area contributed by atoms with E-state index in [1.165, 1.54) is 44.3 Å². The third-order valence-electron chi connectivity index (χ3n) is 3.30. The van der Waals surface area contributed by atoms with Crippen LogP contribution in [0.25, 0.3) is 0 Å². The topological polar surface area (TPSA) is 98.8 Å². The van der Waals surface area contributed by atoms with Gasteiger partial charge in [-0.15, -0.1) is 0 Å². The van der Waals surface area contributed by atoms with Crippen molar-refractivity contribution in [2.24, 2.45) is 0 Å². The summed E-state index contributed by atoms with van der Waals surface area (Å²) in [5.74, 6) is -2.87. The maximum absolute atomic E-state index is 12.0. The number of nitrogens with one attached hydrogen (secondary N) is 1. The van der Waals surface area contributed by atoms with Gasteiger partial charge in [0.1, 0.15) is 0 Å². The lowest BCUT2D eigenvalue weighted by molar-refractivity contribution is -0.222. The van der Waals surface area contributed by atoms with Crippen LogP contribution >= 0.6 is 0 Å². The summed E-state index contributed by atoms with van der Waals surface area (Å²) in [7, 11) is -3.35. The van der Waals surface area contributed by atoms with Gasteiger partial charge in [0.2, 0.25) is 0 Å². The van der Waals surface area contributed by atoms with E-state index in [-0.39, 0.29) is 10.5 Å². The summed E-state index contributed by atoms with van der Waals surface area (Å²) in [6.07, 6.45) is 1.17. The molecular formula is C16H19NO6S. The van der Waals surface area contributed by atoms with E-state index in [9.17, 15) is 18.0 Å². The molecule has 1 N–H and O–H groups in total. The Bertz CT molecular complexity index is 768. The maximum Gasteiger partial charge on any atom is 0.350 e. The number of hydrogen-bond donors (Lipinski definition) is 1. The van der Waals surface area contributed by atoms with Crippen molar-refractivity contribution in [3.8, 4) is 0 Å². The highest BCUT2D eigenvalue weighted by Crippen LogP contribution is 2.23. The van der Waals surface area contributed by atoms with Gasteiger partial charge in [0, 0.05) is 25.7 Å². The Morgan fingerprint density at radius 3 is 2.00 bits per heavy atom. The summed E-state index contributed by atoms with van der Waals surface area (Å²) in [6, 6.07) is 5.99. The lowest BCUT2D eigenvalue weighted by Gasteiger charge is -2.29. The summed E-state index contributed by atoms with van der Waals surface area (Å²) < 4.78 is 34.0. The van der Waals surface area contributed by atoms with E-state index in [0.717, 1.165) is 0 Å². The number of benzene rings is 1. The molecule has 1 aromatic rings. The number of cyclic esters (lactones) is 2. The molecule has 0 radical (unpaired) electrons. The second-order valence-electron chi connectivity index (χ2n) is 6.00. The fourth-order valence-corrected chi connectivity index (χ4v) is 3.01. The van der Waals surface area contributed by atoms with Crippen LogP contribution in [0.15, 0.2) is 40.9 Å². The molecule has 2 rings (SSSR count). The van der Waals surface area contributed by atoms with E-state index in [4.69, 9.17) is 9.47 Å². The molecule has 0 amide bonds. The number of rotatable bonds is 4. The van der Waals surface area contributed by atoms with E-state index in [1.54, 1.807) is 13.8 Å². The first-order valence-corrected chi connectivity index (χ1v) is 8.85. The molecular weight excluding hydrogens is 334 g/mol. The number of anilines is 1. The Hall–Kier alpha value is -2.35. The van der Waals surface area contributed by atoms with Crippen molar-refractivity contribution < 1.29 is 27.5 Å². The summed E-state index contributed by atoms with van der Waals surface area (Å²) in [6.45, 7) is 6.13. The van der Waals surface area contributed by atoms with Crippen LogP contribution < -0.4 is 5.32 Å². The van der Waals surface area contributed by atoms with Crippen LogP contribution in [0.2, 0.25) is 0 Å². The quantitative estimate of drug-likeness (QED) is 0.502. The SMILES string of the molecule is CC(C)S(=O)(=O)c1ccc(NC=C2C(=O)OC(C)(C)OC2=O)cc1. The van der Waals surface area contributed by atoms with Gasteiger partial charge >= 0.3 is 11.9 Å². The third-order valence-corrected chi connectivity index (χ3v) is 5.47. The molecule has 0 aromatic heterocycles. The zero-order chi connectivity index (χ0) is 18.1. The van der Waals surface area contributed by atoms with Crippen LogP contribution in [-0.4, -0.2) is 31.4 Å². The molecule has 0 bridgehead atoms. The number of carbonyl (C=O) groups excluding carboxylic acids is 2. The summed E-state index contributed by atoms with van der Waals surface area (Å²) in [4.78, 5) is 23.8. The Morgan fingerprint density at radius 2 is 1.54 bits per heavy atom. The molecule has 1 heterocycles. The minimum atomic E-state index is -3.35. The fraction of sp³-hybridized carbons (Fsp3) is 0.375. The van der Waals surface area contributed by atoms with Crippen molar-refractivity contribution in [3.05, 3.63) is 36.0 Å². The van der Waals surface area contributed by atoms with Crippen molar-refractivity contribution in [2.45, 2.75) is 43.6 Å². The highest BCUT2D eigenvalue weighted by molar-refractivity contribution is 7.92. The van der Waals surface area contributed by atoms with Crippen molar-refractivity contribution >= 4 is 27.5 Å². The molecule has 0 saturated carbocycles. The molecule has 1 fully saturated rings. The predicted octanol–water partition coefficient (Wildman–Crippen LogP) is 2.00. The monoisotopic (exact) mass is 353 g/mol. The van der Waals surface area contributed by atoms with E-state index in [1.807, 2.05) is 0 Å². The van der Waals surface area contributed by atoms with E-state index in [2.05, 4.69) is 5.32 Å². The Balaban J connectivity index is 2.15. The molecule has 0 aliphatic carbocycles. The molecule has 8 heteroatoms. The molecule has 0 atom stereocenters. The normalized spacial score (nSPS) is 17.3. The fourth-order valence-electron chi connectivity index (χ4n) is 1.95. The third kappa shape index (κ3) is 3.76. The first kappa shape index (κ1) is 18.0. The smallest absolute Gasteiger partial charge is 0.350 e.